The molecule has 0 aliphatic heterocycles. The predicted molar refractivity (Wildman–Crippen MR) is 83.1 cm³/mol. The predicted octanol–water partition coefficient (Wildman–Crippen LogP) is 4.74. The fourth-order valence-electron chi connectivity index (χ4n) is 2.76. The van der Waals surface area contributed by atoms with E-state index in [-0.39, 0.29) is 5.28 Å². The first-order valence-electron chi connectivity index (χ1n) is 7.24. The number of fused-ring (bicyclic) bond motifs is 1. The van der Waals surface area contributed by atoms with E-state index in [2.05, 4.69) is 15.0 Å². The van der Waals surface area contributed by atoms with Crippen LogP contribution in [0, 0.1) is 19.8 Å². The molecule has 2 aromatic heterocycles. The summed E-state index contributed by atoms with van der Waals surface area (Å²) in [5, 5.41) is 0.962. The summed E-state index contributed by atoms with van der Waals surface area (Å²) in [4.78, 5) is 12.9. The molecule has 116 valence electrons. The van der Waals surface area contributed by atoms with Gasteiger partial charge in [-0.2, -0.15) is 4.98 Å². The zero-order chi connectivity index (χ0) is 15.9. The summed E-state index contributed by atoms with van der Waals surface area (Å²) in [6.45, 7) is 3.89. The fraction of sp³-hybridized carbons (Fsp3) is 0.438. The molecule has 2 aromatic rings. The van der Waals surface area contributed by atoms with Crippen LogP contribution in [-0.4, -0.2) is 21.4 Å². The Bertz CT molecular complexity index is 759. The van der Waals surface area contributed by atoms with Crippen LogP contribution in [0.2, 0.25) is 5.28 Å². The highest BCUT2D eigenvalue weighted by atomic mass is 35.5. The van der Waals surface area contributed by atoms with Gasteiger partial charge in [-0.3, -0.25) is 0 Å². The third kappa shape index (κ3) is 2.82. The lowest BCUT2D eigenvalue weighted by Gasteiger charge is -2.21. The second-order valence-electron chi connectivity index (χ2n) is 5.70. The number of aryl methyl sites for hydroxylation is 2. The zero-order valence-electron chi connectivity index (χ0n) is 12.4. The first kappa shape index (κ1) is 15.3. The summed E-state index contributed by atoms with van der Waals surface area (Å²) >= 11 is 6.00. The van der Waals surface area contributed by atoms with Crippen molar-refractivity contribution in [2.45, 2.75) is 39.5 Å². The Morgan fingerprint density at radius 3 is 2.64 bits per heavy atom. The summed E-state index contributed by atoms with van der Waals surface area (Å²) in [5.41, 5.74) is 4.16. The smallest absolute Gasteiger partial charge is 0.233 e. The molecule has 1 atom stereocenters. The number of nitrogens with zero attached hydrogens (tertiary/aromatic N) is 3. The summed E-state index contributed by atoms with van der Waals surface area (Å²) in [7, 11) is 0. The minimum Gasteiger partial charge on any atom is -0.233 e. The number of aromatic nitrogens is 3. The Morgan fingerprint density at radius 1 is 1.23 bits per heavy atom. The number of pyridine rings is 1. The molecule has 3 nitrogen and oxygen atoms in total. The Hall–Kier alpha value is -1.62. The van der Waals surface area contributed by atoms with Crippen LogP contribution in [0.15, 0.2) is 12.1 Å². The van der Waals surface area contributed by atoms with E-state index in [4.69, 9.17) is 11.6 Å². The second-order valence-corrected chi connectivity index (χ2v) is 6.04. The monoisotopic (exact) mass is 323 g/mol. The van der Waals surface area contributed by atoms with Gasteiger partial charge in [-0.25, -0.2) is 18.7 Å². The summed E-state index contributed by atoms with van der Waals surface area (Å²) in [6, 6.07) is 1.99. The molecule has 0 aromatic carbocycles. The van der Waals surface area contributed by atoms with E-state index < -0.39 is 12.3 Å². The molecular formula is C16H16ClF2N3. The molecule has 0 spiro atoms. The highest BCUT2D eigenvalue weighted by Gasteiger charge is 2.25. The van der Waals surface area contributed by atoms with Crippen molar-refractivity contribution in [2.75, 3.05) is 0 Å². The van der Waals surface area contributed by atoms with Crippen molar-refractivity contribution in [3.63, 3.8) is 0 Å². The molecule has 0 radical (unpaired) electrons. The van der Waals surface area contributed by atoms with E-state index in [1.807, 2.05) is 26.0 Å². The first-order valence-corrected chi connectivity index (χ1v) is 7.62. The van der Waals surface area contributed by atoms with Gasteiger partial charge in [0.1, 0.15) is 0 Å². The molecule has 1 unspecified atom stereocenters. The number of hydrogen-bond acceptors (Lipinski definition) is 3. The van der Waals surface area contributed by atoms with E-state index in [0.717, 1.165) is 27.9 Å². The van der Waals surface area contributed by atoms with Crippen LogP contribution in [0.1, 0.15) is 36.2 Å². The van der Waals surface area contributed by atoms with Crippen molar-refractivity contribution in [3.8, 4) is 0 Å². The number of allylic oxidation sites excluding steroid dienone is 2. The second kappa shape index (κ2) is 5.88. The normalized spacial score (nSPS) is 18.8. The minimum atomic E-state index is -2.27. The van der Waals surface area contributed by atoms with Gasteiger partial charge in [0.15, 0.2) is 5.65 Å². The van der Waals surface area contributed by atoms with Gasteiger partial charge in [-0.05, 0) is 61.9 Å². The number of alkyl halides is 2. The Balaban J connectivity index is 2.09. The van der Waals surface area contributed by atoms with Crippen LogP contribution >= 0.6 is 11.6 Å². The summed E-state index contributed by atoms with van der Waals surface area (Å²) in [5.74, 6) is -0.561. The third-order valence-electron chi connectivity index (χ3n) is 4.22. The maximum absolute atomic E-state index is 12.8. The Morgan fingerprint density at radius 2 is 2.00 bits per heavy atom. The molecule has 2 heterocycles. The van der Waals surface area contributed by atoms with Gasteiger partial charge in [-0.1, -0.05) is 6.08 Å². The van der Waals surface area contributed by atoms with Crippen LogP contribution in [-0.2, 0) is 0 Å². The van der Waals surface area contributed by atoms with E-state index in [9.17, 15) is 8.78 Å². The van der Waals surface area contributed by atoms with Gasteiger partial charge >= 0.3 is 0 Å². The van der Waals surface area contributed by atoms with Crippen LogP contribution < -0.4 is 0 Å². The molecule has 3 rings (SSSR count). The molecule has 0 fully saturated rings. The van der Waals surface area contributed by atoms with Gasteiger partial charge in [0, 0.05) is 17.0 Å². The summed E-state index contributed by atoms with van der Waals surface area (Å²) in [6.07, 6.45) is 0.993. The van der Waals surface area contributed by atoms with Crippen molar-refractivity contribution in [1.29, 1.82) is 0 Å². The molecule has 0 saturated carbocycles. The number of hydrogen-bond donors (Lipinski definition) is 0. The molecule has 6 heteroatoms. The Kier molecular flexibility index (Phi) is 4.08. The van der Waals surface area contributed by atoms with Crippen molar-refractivity contribution >= 4 is 28.2 Å². The molecule has 0 saturated heterocycles. The summed E-state index contributed by atoms with van der Waals surface area (Å²) < 4.78 is 25.6. The van der Waals surface area contributed by atoms with Crippen LogP contribution in [0.4, 0.5) is 8.78 Å². The quantitative estimate of drug-likeness (QED) is 0.749. The van der Waals surface area contributed by atoms with E-state index in [1.54, 1.807) is 0 Å². The van der Waals surface area contributed by atoms with Gasteiger partial charge in [0.05, 0.1) is 5.69 Å². The lowest BCUT2D eigenvalue weighted by atomic mass is 9.87. The molecular weight excluding hydrogens is 308 g/mol. The van der Waals surface area contributed by atoms with Gasteiger partial charge in [-0.15, -0.1) is 0 Å². The SMILES string of the molecule is Cc1cc2c(C3=CCC(C(F)F)CC3)nc(Cl)nc2nc1C. The van der Waals surface area contributed by atoms with Gasteiger partial charge in [0.25, 0.3) is 0 Å². The average molecular weight is 324 g/mol. The van der Waals surface area contributed by atoms with Crippen molar-refractivity contribution in [1.82, 2.24) is 15.0 Å². The lowest BCUT2D eigenvalue weighted by Crippen LogP contribution is -2.14. The highest BCUT2D eigenvalue weighted by Crippen LogP contribution is 2.35. The van der Waals surface area contributed by atoms with Crippen molar-refractivity contribution in [2.24, 2.45) is 5.92 Å². The number of rotatable bonds is 2. The fourth-order valence-corrected chi connectivity index (χ4v) is 2.92. The van der Waals surface area contributed by atoms with Gasteiger partial charge in [0.2, 0.25) is 11.7 Å². The molecule has 22 heavy (non-hydrogen) atoms. The first-order chi connectivity index (χ1) is 10.5. The third-order valence-corrected chi connectivity index (χ3v) is 4.38. The minimum absolute atomic E-state index is 0.134. The zero-order valence-corrected chi connectivity index (χ0v) is 13.2. The molecule has 0 amide bonds. The topological polar surface area (TPSA) is 38.7 Å². The molecule has 1 aliphatic carbocycles. The van der Waals surface area contributed by atoms with E-state index in [0.29, 0.717) is 24.9 Å². The van der Waals surface area contributed by atoms with Crippen LogP contribution in [0.5, 0.6) is 0 Å². The molecule has 0 bridgehead atoms. The van der Waals surface area contributed by atoms with Crippen LogP contribution in [0.3, 0.4) is 0 Å². The lowest BCUT2D eigenvalue weighted by molar-refractivity contribution is 0.0729. The molecule has 0 N–H and O–H groups in total. The highest BCUT2D eigenvalue weighted by molar-refractivity contribution is 6.28. The maximum Gasteiger partial charge on any atom is 0.241 e. The van der Waals surface area contributed by atoms with Crippen LogP contribution in [0.25, 0.3) is 16.6 Å². The maximum atomic E-state index is 12.8. The number of halogens is 3. The Labute approximate surface area is 132 Å². The standard InChI is InChI=1S/C16H16ClF2N3/c1-8-7-12-13(10-3-5-11(6-4-10)14(18)19)21-16(17)22-15(12)20-9(8)2/h3,7,11,14H,4-6H2,1-2H3. The van der Waals surface area contributed by atoms with Gasteiger partial charge < -0.3 is 0 Å². The van der Waals surface area contributed by atoms with E-state index in [1.165, 1.54) is 0 Å². The van der Waals surface area contributed by atoms with Crippen molar-refractivity contribution in [3.05, 3.63) is 34.4 Å². The van der Waals surface area contributed by atoms with Crippen molar-refractivity contribution < 1.29 is 8.78 Å². The van der Waals surface area contributed by atoms with E-state index >= 15 is 0 Å². The largest absolute Gasteiger partial charge is 0.241 e. The average Bonchev–Trinajstić information content (AvgIpc) is 2.48. The molecule has 1 aliphatic rings.